The number of fused-ring (bicyclic) bond motifs is 1. The van der Waals surface area contributed by atoms with Crippen molar-refractivity contribution in [3.8, 4) is 17.1 Å². The van der Waals surface area contributed by atoms with E-state index in [1.54, 1.807) is 0 Å². The highest BCUT2D eigenvalue weighted by molar-refractivity contribution is 5.93. The van der Waals surface area contributed by atoms with Crippen molar-refractivity contribution >= 4 is 23.1 Å². The Morgan fingerprint density at radius 2 is 1.90 bits per heavy atom. The van der Waals surface area contributed by atoms with E-state index >= 15 is 0 Å². The van der Waals surface area contributed by atoms with Gasteiger partial charge in [-0.05, 0) is 12.1 Å². The van der Waals surface area contributed by atoms with E-state index in [2.05, 4.69) is 24.7 Å². The third kappa shape index (κ3) is 5.04. The molecule has 0 spiro atoms. The molecule has 3 heterocycles. The van der Waals surface area contributed by atoms with E-state index in [1.165, 1.54) is 12.3 Å². The van der Waals surface area contributed by atoms with E-state index in [-0.39, 0.29) is 22.4 Å². The Morgan fingerprint density at radius 3 is 2.53 bits per heavy atom. The van der Waals surface area contributed by atoms with Crippen molar-refractivity contribution < 1.29 is 35.9 Å². The number of alkyl halides is 6. The SMILES string of the molecule is NC(=O)/C=C/c1c[nH]c2ncc(-c3cc(OCC(F)(F)F)nc(C(F)(F)F)c3)nc12. The molecule has 0 unspecified atom stereocenters. The largest absolute Gasteiger partial charge is 0.468 e. The van der Waals surface area contributed by atoms with Crippen LogP contribution in [0.15, 0.2) is 30.6 Å². The molecule has 0 aliphatic heterocycles. The van der Waals surface area contributed by atoms with Crippen molar-refractivity contribution in [2.75, 3.05) is 6.61 Å². The van der Waals surface area contributed by atoms with Crippen LogP contribution in [0.1, 0.15) is 11.3 Å². The molecule has 0 fully saturated rings. The number of hydrogen-bond acceptors (Lipinski definition) is 5. The van der Waals surface area contributed by atoms with Crippen LogP contribution in [0.3, 0.4) is 0 Å². The summed E-state index contributed by atoms with van der Waals surface area (Å²) in [5.74, 6) is -1.61. The second kappa shape index (κ2) is 7.65. The second-order valence-corrected chi connectivity index (χ2v) is 5.91. The summed E-state index contributed by atoms with van der Waals surface area (Å²) in [6.45, 7) is -1.81. The van der Waals surface area contributed by atoms with Crippen LogP contribution in [0.25, 0.3) is 28.5 Å². The minimum Gasteiger partial charge on any atom is -0.468 e. The maximum Gasteiger partial charge on any atom is 0.433 e. The van der Waals surface area contributed by atoms with E-state index < -0.39 is 36.4 Å². The third-order valence-electron chi connectivity index (χ3n) is 3.61. The van der Waals surface area contributed by atoms with Gasteiger partial charge in [0.1, 0.15) is 11.2 Å². The molecule has 0 bridgehead atoms. The average Bonchev–Trinajstić information content (AvgIpc) is 3.05. The molecule has 7 nitrogen and oxygen atoms in total. The summed E-state index contributed by atoms with van der Waals surface area (Å²) < 4.78 is 80.9. The molecule has 0 aliphatic rings. The molecule has 13 heteroatoms. The monoisotopic (exact) mass is 431 g/mol. The Kier molecular flexibility index (Phi) is 5.37. The number of aromatic amines is 1. The zero-order chi connectivity index (χ0) is 22.1. The summed E-state index contributed by atoms with van der Waals surface area (Å²) >= 11 is 0. The Bertz CT molecular complexity index is 1120. The molecule has 158 valence electrons. The van der Waals surface area contributed by atoms with Crippen molar-refractivity contribution in [2.24, 2.45) is 5.73 Å². The van der Waals surface area contributed by atoms with E-state index in [4.69, 9.17) is 5.73 Å². The number of halogens is 6. The number of carbonyl (C=O) groups excluding carboxylic acids is 1. The fourth-order valence-corrected chi connectivity index (χ4v) is 2.38. The number of hydrogen-bond donors (Lipinski definition) is 2. The highest BCUT2D eigenvalue weighted by Gasteiger charge is 2.34. The molecular formula is C17H11F6N5O2. The number of pyridine rings is 1. The zero-order valence-electron chi connectivity index (χ0n) is 14.7. The van der Waals surface area contributed by atoms with E-state index in [0.717, 1.165) is 18.3 Å². The van der Waals surface area contributed by atoms with Gasteiger partial charge in [-0.1, -0.05) is 0 Å². The minimum atomic E-state index is -4.94. The number of nitrogens with two attached hydrogens (primary N) is 1. The topological polar surface area (TPSA) is 107 Å². The first-order chi connectivity index (χ1) is 13.9. The van der Waals surface area contributed by atoms with Crippen molar-refractivity contribution in [3.05, 3.63) is 41.9 Å². The molecule has 0 atom stereocenters. The molecule has 3 aromatic heterocycles. The number of aromatic nitrogens is 4. The fourth-order valence-electron chi connectivity index (χ4n) is 2.38. The Balaban J connectivity index is 2.08. The first kappa shape index (κ1) is 21.1. The van der Waals surface area contributed by atoms with Gasteiger partial charge >= 0.3 is 12.4 Å². The van der Waals surface area contributed by atoms with Gasteiger partial charge in [0.05, 0.1) is 11.9 Å². The highest BCUT2D eigenvalue weighted by atomic mass is 19.4. The molecule has 0 aromatic carbocycles. The van der Waals surface area contributed by atoms with Crippen molar-refractivity contribution in [3.63, 3.8) is 0 Å². The molecule has 3 rings (SSSR count). The fraction of sp³-hybridized carbons (Fsp3) is 0.176. The number of H-pyrrole nitrogens is 1. The molecule has 0 aliphatic carbocycles. The highest BCUT2D eigenvalue weighted by Crippen LogP contribution is 2.33. The van der Waals surface area contributed by atoms with Crippen LogP contribution in [0, 0.1) is 0 Å². The van der Waals surface area contributed by atoms with E-state index in [9.17, 15) is 31.1 Å². The van der Waals surface area contributed by atoms with Gasteiger partial charge in [0, 0.05) is 29.5 Å². The quantitative estimate of drug-likeness (QED) is 0.475. The van der Waals surface area contributed by atoms with Gasteiger partial charge in [-0.3, -0.25) is 4.79 Å². The summed E-state index contributed by atoms with van der Waals surface area (Å²) in [7, 11) is 0. The number of carbonyl (C=O) groups is 1. The van der Waals surface area contributed by atoms with Crippen molar-refractivity contribution in [1.82, 2.24) is 19.9 Å². The minimum absolute atomic E-state index is 0.0828. The average molecular weight is 431 g/mol. The van der Waals surface area contributed by atoms with Crippen LogP contribution < -0.4 is 10.5 Å². The van der Waals surface area contributed by atoms with Crippen molar-refractivity contribution in [1.29, 1.82) is 0 Å². The smallest absolute Gasteiger partial charge is 0.433 e. The normalized spacial score (nSPS) is 12.6. The first-order valence-electron chi connectivity index (χ1n) is 8.03. The number of primary amides is 1. The Hall–Kier alpha value is -3.64. The van der Waals surface area contributed by atoms with Gasteiger partial charge in [-0.25, -0.2) is 15.0 Å². The molecule has 0 radical (unpaired) electrons. The molecule has 0 saturated carbocycles. The van der Waals surface area contributed by atoms with Crippen molar-refractivity contribution in [2.45, 2.75) is 12.4 Å². The van der Waals surface area contributed by atoms with E-state index in [1.807, 2.05) is 0 Å². The predicted octanol–water partition coefficient (Wildman–Crippen LogP) is 3.48. The Labute approximate surface area is 163 Å². The molecule has 30 heavy (non-hydrogen) atoms. The number of nitrogens with one attached hydrogen (secondary N) is 1. The zero-order valence-corrected chi connectivity index (χ0v) is 14.7. The van der Waals surface area contributed by atoms with E-state index in [0.29, 0.717) is 11.6 Å². The molecule has 3 aromatic rings. The van der Waals surface area contributed by atoms with Gasteiger partial charge in [-0.2, -0.15) is 26.3 Å². The van der Waals surface area contributed by atoms with Gasteiger partial charge in [0.2, 0.25) is 11.8 Å². The van der Waals surface area contributed by atoms with Gasteiger partial charge < -0.3 is 15.5 Å². The lowest BCUT2D eigenvalue weighted by Crippen LogP contribution is -2.20. The summed E-state index contributed by atoms with van der Waals surface area (Å²) in [6.07, 6.45) is -4.75. The molecule has 0 saturated heterocycles. The molecular weight excluding hydrogens is 420 g/mol. The summed E-state index contributed by atoms with van der Waals surface area (Å²) in [6, 6.07) is 1.50. The van der Waals surface area contributed by atoms with Crippen LogP contribution in [-0.2, 0) is 11.0 Å². The first-order valence-corrected chi connectivity index (χ1v) is 8.03. The van der Waals surface area contributed by atoms with Crippen LogP contribution in [-0.4, -0.2) is 38.6 Å². The van der Waals surface area contributed by atoms with Crippen LogP contribution in [0.2, 0.25) is 0 Å². The lowest BCUT2D eigenvalue weighted by atomic mass is 10.1. The number of amides is 1. The van der Waals surface area contributed by atoms with Gasteiger partial charge in [0.15, 0.2) is 12.3 Å². The molecule has 1 amide bonds. The summed E-state index contributed by atoms with van der Waals surface area (Å²) in [5, 5.41) is 0. The number of ether oxygens (including phenoxy) is 1. The number of rotatable bonds is 5. The van der Waals surface area contributed by atoms with Gasteiger partial charge in [-0.15, -0.1) is 0 Å². The van der Waals surface area contributed by atoms with Crippen LogP contribution in [0.4, 0.5) is 26.3 Å². The van der Waals surface area contributed by atoms with Crippen LogP contribution >= 0.6 is 0 Å². The molecule has 3 N–H and O–H groups in total. The maximum absolute atomic E-state index is 13.1. The van der Waals surface area contributed by atoms with Crippen LogP contribution in [0.5, 0.6) is 5.88 Å². The standard InChI is InChI=1S/C17H11F6N5O2/c18-16(19,20)7-30-13-4-9(3-11(28-13)17(21,22)23)10-6-26-15-14(27-10)8(5-25-15)1-2-12(24)29/h1-6H,7H2,(H2,24,29)(H,25,26)/b2-1+. The summed E-state index contributed by atoms with van der Waals surface area (Å²) in [5.41, 5.74) is 4.11. The predicted molar refractivity (Wildman–Crippen MR) is 91.9 cm³/mol. The van der Waals surface area contributed by atoms with Gasteiger partial charge in [0.25, 0.3) is 0 Å². The third-order valence-corrected chi connectivity index (χ3v) is 3.61. The Morgan fingerprint density at radius 1 is 1.17 bits per heavy atom. The second-order valence-electron chi connectivity index (χ2n) is 5.91. The lowest BCUT2D eigenvalue weighted by Gasteiger charge is -2.13. The summed E-state index contributed by atoms with van der Waals surface area (Å²) in [4.78, 5) is 25.0. The number of nitrogens with zero attached hydrogens (tertiary/aromatic N) is 3. The lowest BCUT2D eigenvalue weighted by molar-refractivity contribution is -0.154. The maximum atomic E-state index is 13.1.